The number of likely N-dealkylation sites (N-methyl/N-ethyl adjacent to an activating group) is 1. The van der Waals surface area contributed by atoms with Gasteiger partial charge in [0.15, 0.2) is 0 Å². The fourth-order valence-electron chi connectivity index (χ4n) is 2.34. The van der Waals surface area contributed by atoms with E-state index in [2.05, 4.69) is 22.2 Å². The highest BCUT2D eigenvalue weighted by atomic mass is 16.2. The standard InChI is InChI=1S/C19H25N5O2/c1-7-17(25)23(6)15-10-8-14(9-11-15)18(26)20-19(4,5)16-12-24(13(2)3)22-21-16/h7-13H,1H2,2-6H3,(H,20,26). The second-order valence-electron chi connectivity index (χ2n) is 6.90. The normalized spacial score (nSPS) is 11.3. The first-order valence-corrected chi connectivity index (χ1v) is 8.40. The first kappa shape index (κ1) is 19.4. The summed E-state index contributed by atoms with van der Waals surface area (Å²) < 4.78 is 1.75. The number of aromatic nitrogens is 3. The summed E-state index contributed by atoms with van der Waals surface area (Å²) in [6.07, 6.45) is 3.08. The van der Waals surface area contributed by atoms with E-state index >= 15 is 0 Å². The predicted octanol–water partition coefficient (Wildman–Crippen LogP) is 2.67. The lowest BCUT2D eigenvalue weighted by Gasteiger charge is -2.24. The predicted molar refractivity (Wildman–Crippen MR) is 101 cm³/mol. The largest absolute Gasteiger partial charge is 0.341 e. The van der Waals surface area contributed by atoms with Crippen molar-refractivity contribution in [1.82, 2.24) is 20.3 Å². The highest BCUT2D eigenvalue weighted by molar-refractivity contribution is 6.01. The first-order valence-electron chi connectivity index (χ1n) is 8.40. The van der Waals surface area contributed by atoms with Crippen LogP contribution >= 0.6 is 0 Å². The maximum atomic E-state index is 12.6. The molecule has 0 aliphatic rings. The molecule has 7 heteroatoms. The number of carbonyl (C=O) groups excluding carboxylic acids is 2. The molecule has 0 aliphatic heterocycles. The summed E-state index contributed by atoms with van der Waals surface area (Å²) in [5, 5.41) is 11.2. The van der Waals surface area contributed by atoms with Crippen molar-refractivity contribution in [3.05, 3.63) is 54.4 Å². The Morgan fingerprint density at radius 2 is 1.88 bits per heavy atom. The van der Waals surface area contributed by atoms with Crippen LogP contribution in [0.2, 0.25) is 0 Å². The van der Waals surface area contributed by atoms with Gasteiger partial charge in [0.2, 0.25) is 5.91 Å². The van der Waals surface area contributed by atoms with Crippen LogP contribution < -0.4 is 10.2 Å². The average Bonchev–Trinajstić information content (AvgIpc) is 3.11. The maximum absolute atomic E-state index is 12.6. The molecule has 2 rings (SSSR count). The number of carbonyl (C=O) groups is 2. The van der Waals surface area contributed by atoms with Gasteiger partial charge in [-0.3, -0.25) is 9.59 Å². The van der Waals surface area contributed by atoms with Crippen molar-refractivity contribution < 1.29 is 9.59 Å². The molecule has 2 amide bonds. The maximum Gasteiger partial charge on any atom is 0.252 e. The molecule has 26 heavy (non-hydrogen) atoms. The summed E-state index contributed by atoms with van der Waals surface area (Å²) in [5.41, 5.74) is 1.20. The Morgan fingerprint density at radius 3 is 2.38 bits per heavy atom. The molecule has 1 N–H and O–H groups in total. The monoisotopic (exact) mass is 355 g/mol. The molecule has 0 atom stereocenters. The molecule has 1 aromatic heterocycles. The Bertz CT molecular complexity index is 806. The van der Waals surface area contributed by atoms with Crippen LogP contribution in [-0.4, -0.2) is 33.9 Å². The number of nitrogens with zero attached hydrogens (tertiary/aromatic N) is 4. The van der Waals surface area contributed by atoms with Crippen LogP contribution in [0.1, 0.15) is 49.8 Å². The Balaban J connectivity index is 2.13. The van der Waals surface area contributed by atoms with Crippen molar-refractivity contribution in [3.8, 4) is 0 Å². The minimum atomic E-state index is -0.668. The molecule has 0 spiro atoms. The summed E-state index contributed by atoms with van der Waals surface area (Å²) in [6.45, 7) is 11.3. The third kappa shape index (κ3) is 4.17. The van der Waals surface area contributed by atoms with E-state index in [0.717, 1.165) is 0 Å². The lowest BCUT2D eigenvalue weighted by atomic mass is 10.0. The SMILES string of the molecule is C=CC(=O)N(C)c1ccc(C(=O)NC(C)(C)c2cn(C(C)C)nn2)cc1. The molecule has 1 aromatic carbocycles. The number of rotatable bonds is 6. The van der Waals surface area contributed by atoms with Gasteiger partial charge in [0, 0.05) is 24.3 Å². The van der Waals surface area contributed by atoms with Gasteiger partial charge in [0.1, 0.15) is 5.69 Å². The van der Waals surface area contributed by atoms with E-state index in [9.17, 15) is 9.59 Å². The van der Waals surface area contributed by atoms with Crippen molar-refractivity contribution in [2.24, 2.45) is 0 Å². The topological polar surface area (TPSA) is 80.1 Å². The smallest absolute Gasteiger partial charge is 0.252 e. The minimum Gasteiger partial charge on any atom is -0.341 e. The van der Waals surface area contributed by atoms with E-state index in [4.69, 9.17) is 0 Å². The van der Waals surface area contributed by atoms with Crippen LogP contribution in [0.3, 0.4) is 0 Å². The Kier molecular flexibility index (Phi) is 5.59. The van der Waals surface area contributed by atoms with E-state index in [0.29, 0.717) is 16.9 Å². The van der Waals surface area contributed by atoms with Gasteiger partial charge in [-0.05, 0) is 58.0 Å². The molecule has 0 aliphatic carbocycles. The minimum absolute atomic E-state index is 0.200. The van der Waals surface area contributed by atoms with Crippen LogP contribution in [0.15, 0.2) is 43.1 Å². The molecule has 0 saturated heterocycles. The zero-order chi connectivity index (χ0) is 19.5. The van der Waals surface area contributed by atoms with Gasteiger partial charge in [-0.2, -0.15) is 0 Å². The average molecular weight is 355 g/mol. The summed E-state index contributed by atoms with van der Waals surface area (Å²) >= 11 is 0. The third-order valence-electron chi connectivity index (χ3n) is 4.13. The molecule has 2 aromatic rings. The van der Waals surface area contributed by atoms with Gasteiger partial charge in [0.25, 0.3) is 5.91 Å². The van der Waals surface area contributed by atoms with Crippen LogP contribution in [-0.2, 0) is 10.3 Å². The number of hydrogen-bond acceptors (Lipinski definition) is 4. The number of hydrogen-bond donors (Lipinski definition) is 1. The van der Waals surface area contributed by atoms with E-state index in [1.165, 1.54) is 11.0 Å². The molecule has 0 saturated carbocycles. The van der Waals surface area contributed by atoms with E-state index < -0.39 is 5.54 Å². The van der Waals surface area contributed by atoms with Crippen molar-refractivity contribution in [3.63, 3.8) is 0 Å². The first-order chi connectivity index (χ1) is 12.2. The van der Waals surface area contributed by atoms with Crippen LogP contribution in [0.4, 0.5) is 5.69 Å². The van der Waals surface area contributed by atoms with Gasteiger partial charge < -0.3 is 10.2 Å². The van der Waals surface area contributed by atoms with Gasteiger partial charge in [-0.25, -0.2) is 4.68 Å². The Labute approximate surface area is 153 Å². The quantitative estimate of drug-likeness (QED) is 0.808. The summed E-state index contributed by atoms with van der Waals surface area (Å²) in [4.78, 5) is 25.7. The molecule has 7 nitrogen and oxygen atoms in total. The highest BCUT2D eigenvalue weighted by Crippen LogP contribution is 2.20. The molecule has 138 valence electrons. The zero-order valence-electron chi connectivity index (χ0n) is 15.9. The highest BCUT2D eigenvalue weighted by Gasteiger charge is 2.27. The van der Waals surface area contributed by atoms with Gasteiger partial charge in [0.05, 0.1) is 11.7 Å². The molecular weight excluding hydrogens is 330 g/mol. The molecule has 0 radical (unpaired) electrons. The summed E-state index contributed by atoms with van der Waals surface area (Å²) in [5.74, 6) is -0.435. The fraction of sp³-hybridized carbons (Fsp3) is 0.368. The van der Waals surface area contributed by atoms with Crippen molar-refractivity contribution >= 4 is 17.5 Å². The summed E-state index contributed by atoms with van der Waals surface area (Å²) in [7, 11) is 1.65. The molecule has 0 bridgehead atoms. The molecule has 0 fully saturated rings. The van der Waals surface area contributed by atoms with Crippen molar-refractivity contribution in [1.29, 1.82) is 0 Å². The van der Waals surface area contributed by atoms with E-state index in [1.54, 1.807) is 36.0 Å². The molecule has 0 unspecified atom stereocenters. The van der Waals surface area contributed by atoms with Gasteiger partial charge >= 0.3 is 0 Å². The number of anilines is 1. The zero-order valence-corrected chi connectivity index (χ0v) is 15.9. The van der Waals surface area contributed by atoms with Crippen LogP contribution in [0, 0.1) is 0 Å². The van der Waals surface area contributed by atoms with E-state index in [1.807, 2.05) is 33.9 Å². The second kappa shape index (κ2) is 7.51. The lowest BCUT2D eigenvalue weighted by Crippen LogP contribution is -2.41. The van der Waals surface area contributed by atoms with E-state index in [-0.39, 0.29) is 17.9 Å². The van der Waals surface area contributed by atoms with Gasteiger partial charge in [-0.15, -0.1) is 5.10 Å². The Morgan fingerprint density at radius 1 is 1.27 bits per heavy atom. The third-order valence-corrected chi connectivity index (χ3v) is 4.13. The summed E-state index contributed by atoms with van der Waals surface area (Å²) in [6, 6.07) is 7.00. The van der Waals surface area contributed by atoms with Gasteiger partial charge in [-0.1, -0.05) is 11.8 Å². The number of nitrogens with one attached hydrogen (secondary N) is 1. The van der Waals surface area contributed by atoms with Crippen molar-refractivity contribution in [2.45, 2.75) is 39.3 Å². The fourth-order valence-corrected chi connectivity index (χ4v) is 2.34. The number of benzene rings is 1. The van der Waals surface area contributed by atoms with Crippen LogP contribution in [0.25, 0.3) is 0 Å². The number of amides is 2. The van der Waals surface area contributed by atoms with Crippen LogP contribution in [0.5, 0.6) is 0 Å². The second-order valence-corrected chi connectivity index (χ2v) is 6.90. The molecule has 1 heterocycles. The molecular formula is C19H25N5O2. The lowest BCUT2D eigenvalue weighted by molar-refractivity contribution is -0.113. The Hall–Kier alpha value is -2.96. The van der Waals surface area contributed by atoms with Crippen molar-refractivity contribution in [2.75, 3.05) is 11.9 Å².